The van der Waals surface area contributed by atoms with Crippen LogP contribution in [0.15, 0.2) is 12.1 Å². The molecular weight excluding hydrogens is 265 g/mol. The van der Waals surface area contributed by atoms with E-state index in [0.717, 1.165) is 11.0 Å². The highest BCUT2D eigenvalue weighted by Gasteiger charge is 2.19. The Hall–Kier alpha value is -2.25. The molecular formula is C11H11F3N2O3. The molecule has 0 unspecified atom stereocenters. The highest BCUT2D eigenvalue weighted by atomic mass is 19.2. The van der Waals surface area contributed by atoms with Crippen LogP contribution in [0.3, 0.4) is 0 Å². The van der Waals surface area contributed by atoms with E-state index >= 15 is 0 Å². The fourth-order valence-electron chi connectivity index (χ4n) is 1.31. The van der Waals surface area contributed by atoms with Crippen molar-refractivity contribution in [2.45, 2.75) is 6.92 Å². The van der Waals surface area contributed by atoms with E-state index in [1.165, 1.54) is 6.92 Å². The molecule has 0 aliphatic carbocycles. The predicted molar refractivity (Wildman–Crippen MR) is 60.2 cm³/mol. The second-order valence-corrected chi connectivity index (χ2v) is 3.56. The van der Waals surface area contributed by atoms with E-state index in [1.54, 1.807) is 0 Å². The first-order chi connectivity index (χ1) is 8.86. The lowest BCUT2D eigenvalue weighted by molar-refractivity contribution is -0.137. The highest BCUT2D eigenvalue weighted by Crippen LogP contribution is 2.19. The van der Waals surface area contributed by atoms with E-state index in [0.29, 0.717) is 6.07 Å². The molecule has 1 rings (SSSR count). The molecule has 0 saturated heterocycles. The maximum absolute atomic E-state index is 13.3. The lowest BCUT2D eigenvalue weighted by Gasteiger charge is -2.19. The number of nitrogens with one attached hydrogen (secondary N) is 1. The van der Waals surface area contributed by atoms with E-state index in [9.17, 15) is 22.8 Å². The maximum atomic E-state index is 13.3. The average Bonchev–Trinajstić information content (AvgIpc) is 2.36. The molecule has 1 aromatic carbocycles. The molecule has 0 bridgehead atoms. The monoisotopic (exact) mass is 276 g/mol. The minimum Gasteiger partial charge on any atom is -0.480 e. The second kappa shape index (κ2) is 6.07. The van der Waals surface area contributed by atoms with Gasteiger partial charge in [-0.25, -0.2) is 18.0 Å². The van der Waals surface area contributed by atoms with Crippen LogP contribution in [-0.4, -0.2) is 35.1 Å². The summed E-state index contributed by atoms with van der Waals surface area (Å²) in [6.07, 6.45) is 0. The lowest BCUT2D eigenvalue weighted by Crippen LogP contribution is -2.38. The number of nitrogens with zero attached hydrogens (tertiary/aromatic N) is 1. The van der Waals surface area contributed by atoms with Gasteiger partial charge in [-0.3, -0.25) is 4.79 Å². The molecule has 0 heterocycles. The highest BCUT2D eigenvalue weighted by molar-refractivity contribution is 5.91. The molecule has 5 nitrogen and oxygen atoms in total. The Morgan fingerprint density at radius 1 is 1.26 bits per heavy atom. The summed E-state index contributed by atoms with van der Waals surface area (Å²) in [4.78, 5) is 22.9. The number of hydrogen-bond donors (Lipinski definition) is 2. The van der Waals surface area contributed by atoms with Crippen LogP contribution in [0.25, 0.3) is 0 Å². The Balaban J connectivity index is 2.87. The molecule has 0 aliphatic heterocycles. The first-order valence-electron chi connectivity index (χ1n) is 5.28. The Kier molecular flexibility index (Phi) is 4.74. The third-order valence-corrected chi connectivity index (χ3v) is 2.27. The van der Waals surface area contributed by atoms with E-state index in [1.807, 2.05) is 5.32 Å². The van der Waals surface area contributed by atoms with Gasteiger partial charge in [-0.2, -0.15) is 0 Å². The normalized spacial score (nSPS) is 10.1. The van der Waals surface area contributed by atoms with Crippen LogP contribution in [0, 0.1) is 17.5 Å². The van der Waals surface area contributed by atoms with Gasteiger partial charge in [0, 0.05) is 6.54 Å². The summed E-state index contributed by atoms with van der Waals surface area (Å²) in [6, 6.07) is 0.580. The number of anilines is 1. The third kappa shape index (κ3) is 3.60. The van der Waals surface area contributed by atoms with Crippen molar-refractivity contribution in [3.8, 4) is 0 Å². The first kappa shape index (κ1) is 14.8. The minimum absolute atomic E-state index is 0.0590. The fourth-order valence-corrected chi connectivity index (χ4v) is 1.31. The van der Waals surface area contributed by atoms with Gasteiger partial charge < -0.3 is 15.3 Å². The number of carboxylic acids is 1. The van der Waals surface area contributed by atoms with Gasteiger partial charge >= 0.3 is 12.0 Å². The smallest absolute Gasteiger partial charge is 0.323 e. The number of rotatable bonds is 4. The zero-order chi connectivity index (χ0) is 14.6. The number of hydrogen-bond acceptors (Lipinski definition) is 2. The number of halogens is 3. The van der Waals surface area contributed by atoms with Crippen LogP contribution >= 0.6 is 0 Å². The molecule has 8 heteroatoms. The minimum atomic E-state index is -1.71. The number of carboxylic acid groups (broad SMARTS) is 1. The molecule has 0 fully saturated rings. The molecule has 1 aromatic rings. The number of benzene rings is 1. The van der Waals surface area contributed by atoms with Crippen LogP contribution in [0.1, 0.15) is 6.92 Å². The van der Waals surface area contributed by atoms with Crippen molar-refractivity contribution in [1.29, 1.82) is 0 Å². The van der Waals surface area contributed by atoms with Crippen LogP contribution in [0.2, 0.25) is 0 Å². The zero-order valence-electron chi connectivity index (χ0n) is 9.91. The summed E-state index contributed by atoms with van der Waals surface area (Å²) in [5.41, 5.74) is -0.562. The van der Waals surface area contributed by atoms with Gasteiger partial charge in [-0.05, 0) is 19.1 Å². The van der Waals surface area contributed by atoms with Gasteiger partial charge in [0.1, 0.15) is 6.54 Å². The van der Waals surface area contributed by atoms with Crippen LogP contribution in [0.5, 0.6) is 0 Å². The SMILES string of the molecule is CCN(CC(=O)O)C(=O)Nc1ccc(F)c(F)c1F. The number of carbonyl (C=O) groups excluding carboxylic acids is 1. The largest absolute Gasteiger partial charge is 0.480 e. The molecule has 0 spiro atoms. The lowest BCUT2D eigenvalue weighted by atomic mass is 10.3. The molecule has 0 radical (unpaired) electrons. The Morgan fingerprint density at radius 2 is 1.89 bits per heavy atom. The third-order valence-electron chi connectivity index (χ3n) is 2.27. The van der Waals surface area contributed by atoms with Gasteiger partial charge in [0.2, 0.25) is 0 Å². The molecule has 0 aromatic heterocycles. The number of amides is 2. The molecule has 2 N–H and O–H groups in total. The van der Waals surface area contributed by atoms with Crippen molar-refractivity contribution in [3.63, 3.8) is 0 Å². The molecule has 2 amide bonds. The van der Waals surface area contributed by atoms with Gasteiger partial charge in [0.15, 0.2) is 17.5 Å². The van der Waals surface area contributed by atoms with Crippen LogP contribution in [0.4, 0.5) is 23.7 Å². The van der Waals surface area contributed by atoms with Gasteiger partial charge in [0.05, 0.1) is 5.69 Å². The predicted octanol–water partition coefficient (Wildman–Crippen LogP) is 2.04. The Bertz CT molecular complexity index is 508. The van der Waals surface area contributed by atoms with Crippen molar-refractivity contribution < 1.29 is 27.9 Å². The van der Waals surface area contributed by atoms with Crippen molar-refractivity contribution in [1.82, 2.24) is 4.90 Å². The van der Waals surface area contributed by atoms with Crippen molar-refractivity contribution in [3.05, 3.63) is 29.6 Å². The zero-order valence-corrected chi connectivity index (χ0v) is 9.91. The standard InChI is InChI=1S/C11H11F3N2O3/c1-2-16(5-8(17)18)11(19)15-7-4-3-6(12)9(13)10(7)14/h3-4H,2,5H2,1H3,(H,15,19)(H,17,18). The van der Waals surface area contributed by atoms with E-state index in [2.05, 4.69) is 0 Å². The van der Waals surface area contributed by atoms with E-state index in [4.69, 9.17) is 5.11 Å². The summed E-state index contributed by atoms with van der Waals surface area (Å²) >= 11 is 0. The van der Waals surface area contributed by atoms with Gasteiger partial charge in [-0.15, -0.1) is 0 Å². The Morgan fingerprint density at radius 3 is 2.42 bits per heavy atom. The Labute approximate surface area is 106 Å². The number of carbonyl (C=O) groups is 2. The summed E-state index contributed by atoms with van der Waals surface area (Å²) in [7, 11) is 0. The maximum Gasteiger partial charge on any atom is 0.323 e. The molecule has 104 valence electrons. The molecule has 0 saturated carbocycles. The molecule has 19 heavy (non-hydrogen) atoms. The van der Waals surface area contributed by atoms with Crippen LogP contribution in [-0.2, 0) is 4.79 Å². The first-order valence-corrected chi connectivity index (χ1v) is 5.28. The summed E-state index contributed by atoms with van der Waals surface area (Å²) in [6.45, 7) is 0.987. The summed E-state index contributed by atoms with van der Waals surface area (Å²) in [5, 5.41) is 10.5. The quantitative estimate of drug-likeness (QED) is 0.827. The average molecular weight is 276 g/mol. The molecule has 0 atom stereocenters. The number of likely N-dealkylation sites (N-methyl/N-ethyl adjacent to an activating group) is 1. The van der Waals surface area contributed by atoms with E-state index < -0.39 is 41.7 Å². The van der Waals surface area contributed by atoms with Crippen molar-refractivity contribution >= 4 is 17.7 Å². The topological polar surface area (TPSA) is 69.6 Å². The number of urea groups is 1. The fraction of sp³-hybridized carbons (Fsp3) is 0.273. The molecule has 0 aliphatic rings. The number of aliphatic carboxylic acids is 1. The second-order valence-electron chi connectivity index (χ2n) is 3.56. The van der Waals surface area contributed by atoms with Gasteiger partial charge in [-0.1, -0.05) is 0 Å². The van der Waals surface area contributed by atoms with Crippen LogP contribution < -0.4 is 5.32 Å². The van der Waals surface area contributed by atoms with Crippen molar-refractivity contribution in [2.24, 2.45) is 0 Å². The van der Waals surface area contributed by atoms with Crippen molar-refractivity contribution in [2.75, 3.05) is 18.4 Å². The van der Waals surface area contributed by atoms with Gasteiger partial charge in [0.25, 0.3) is 0 Å². The summed E-state index contributed by atoms with van der Waals surface area (Å²) < 4.78 is 38.9. The summed E-state index contributed by atoms with van der Waals surface area (Å²) in [5.74, 6) is -5.88. The van der Waals surface area contributed by atoms with E-state index in [-0.39, 0.29) is 6.54 Å².